The Kier molecular flexibility index (Phi) is 9.14. The van der Waals surface area contributed by atoms with Crippen LogP contribution in [0.4, 0.5) is 22.0 Å². The minimum atomic E-state index is -4.32. The van der Waals surface area contributed by atoms with Crippen molar-refractivity contribution in [3.8, 4) is 17.0 Å². The number of halogens is 5. The molecule has 0 unspecified atom stereocenters. The number of hydrogen-bond donors (Lipinski definition) is 2. The second kappa shape index (κ2) is 11.7. The van der Waals surface area contributed by atoms with Crippen molar-refractivity contribution in [3.05, 3.63) is 29.2 Å². The molecule has 1 amide bonds. The fraction of sp³-hybridized carbons (Fsp3) is 0.640. The van der Waals surface area contributed by atoms with Gasteiger partial charge in [-0.1, -0.05) is 6.92 Å². The lowest BCUT2D eigenvalue weighted by molar-refractivity contribution is -0.135. The molecule has 1 saturated carbocycles. The van der Waals surface area contributed by atoms with E-state index >= 15 is 0 Å². The lowest BCUT2D eigenvalue weighted by atomic mass is 9.79. The maximum Gasteiger partial charge on any atom is 0.389 e. The molecule has 37 heavy (non-hydrogen) atoms. The number of carbonyl (C=O) groups excluding carboxylic acids is 1. The third kappa shape index (κ3) is 7.62. The van der Waals surface area contributed by atoms with Gasteiger partial charge in [0.2, 0.25) is 0 Å². The Labute approximate surface area is 212 Å². The minimum Gasteiger partial charge on any atom is -0.434 e. The molecule has 7 nitrogen and oxygen atoms in total. The fourth-order valence-electron chi connectivity index (χ4n) is 4.60. The van der Waals surface area contributed by atoms with Gasteiger partial charge in [0, 0.05) is 43.0 Å². The van der Waals surface area contributed by atoms with Crippen LogP contribution in [0.5, 0.6) is 5.75 Å². The van der Waals surface area contributed by atoms with Gasteiger partial charge in [0.05, 0.1) is 16.9 Å². The maximum atomic E-state index is 13.2. The average Bonchev–Trinajstić information content (AvgIpc) is 3.15. The Bertz CT molecular complexity index is 1080. The molecule has 0 aromatic carbocycles. The van der Waals surface area contributed by atoms with E-state index in [9.17, 15) is 31.9 Å². The molecule has 206 valence electrons. The van der Waals surface area contributed by atoms with Crippen LogP contribution in [0.25, 0.3) is 11.3 Å². The Morgan fingerprint density at radius 3 is 2.59 bits per heavy atom. The van der Waals surface area contributed by atoms with Crippen molar-refractivity contribution < 1.29 is 36.6 Å². The number of hydrogen-bond acceptors (Lipinski definition) is 5. The van der Waals surface area contributed by atoms with Gasteiger partial charge in [-0.3, -0.25) is 14.5 Å². The topological polar surface area (TPSA) is 89.3 Å². The summed E-state index contributed by atoms with van der Waals surface area (Å²) in [5.74, 6) is -0.247. The van der Waals surface area contributed by atoms with Crippen molar-refractivity contribution in [1.82, 2.24) is 20.1 Å². The van der Waals surface area contributed by atoms with E-state index in [0.717, 1.165) is 12.8 Å². The van der Waals surface area contributed by atoms with E-state index in [1.807, 2.05) is 0 Å². The number of nitrogens with one attached hydrogen (secondary N) is 1. The Morgan fingerprint density at radius 1 is 1.32 bits per heavy atom. The fourth-order valence-corrected chi connectivity index (χ4v) is 4.60. The summed E-state index contributed by atoms with van der Waals surface area (Å²) in [5.41, 5.74) is 0.137. The van der Waals surface area contributed by atoms with Crippen molar-refractivity contribution in [2.24, 2.45) is 5.92 Å². The molecule has 1 aliphatic rings. The van der Waals surface area contributed by atoms with E-state index in [4.69, 9.17) is 4.74 Å². The summed E-state index contributed by atoms with van der Waals surface area (Å²) in [6.07, 6.45) is -1.51. The van der Waals surface area contributed by atoms with Gasteiger partial charge < -0.3 is 15.2 Å². The molecule has 0 atom stereocenters. The van der Waals surface area contributed by atoms with E-state index in [-0.39, 0.29) is 42.1 Å². The van der Waals surface area contributed by atoms with Crippen LogP contribution in [0.2, 0.25) is 0 Å². The number of carbonyl (C=O) groups is 1. The minimum absolute atomic E-state index is 0.0687. The summed E-state index contributed by atoms with van der Waals surface area (Å²) in [7, 11) is 0. The number of alkyl halides is 5. The molecule has 0 radical (unpaired) electrons. The molecule has 2 N–H and O–H groups in total. The van der Waals surface area contributed by atoms with Gasteiger partial charge in [-0.25, -0.2) is 0 Å². The molecule has 12 heteroatoms. The van der Waals surface area contributed by atoms with Crippen molar-refractivity contribution in [2.75, 3.05) is 6.54 Å². The second-order valence-corrected chi connectivity index (χ2v) is 9.75. The number of aromatic nitrogens is 3. The summed E-state index contributed by atoms with van der Waals surface area (Å²) in [4.78, 5) is 17.1. The predicted octanol–water partition coefficient (Wildman–Crippen LogP) is 5.43. The predicted molar refractivity (Wildman–Crippen MR) is 126 cm³/mol. The molecular formula is C25H33F5N4O3. The summed E-state index contributed by atoms with van der Waals surface area (Å²) in [6, 6.07) is 1.20. The van der Waals surface area contributed by atoms with Gasteiger partial charge >= 0.3 is 12.8 Å². The van der Waals surface area contributed by atoms with Gasteiger partial charge in [0.15, 0.2) is 5.69 Å². The van der Waals surface area contributed by atoms with Crippen LogP contribution in [0.3, 0.4) is 0 Å². The zero-order chi connectivity index (χ0) is 27.4. The van der Waals surface area contributed by atoms with E-state index in [0.29, 0.717) is 36.6 Å². The number of aliphatic hydroxyl groups is 1. The largest absolute Gasteiger partial charge is 0.434 e. The van der Waals surface area contributed by atoms with Crippen molar-refractivity contribution in [1.29, 1.82) is 0 Å². The van der Waals surface area contributed by atoms with Gasteiger partial charge in [0.1, 0.15) is 5.75 Å². The number of amides is 1. The van der Waals surface area contributed by atoms with Crippen LogP contribution in [0.1, 0.15) is 74.1 Å². The van der Waals surface area contributed by atoms with Crippen molar-refractivity contribution >= 4 is 5.91 Å². The van der Waals surface area contributed by atoms with Crippen molar-refractivity contribution in [2.45, 2.75) is 90.7 Å². The van der Waals surface area contributed by atoms with Crippen LogP contribution in [0, 0.1) is 12.8 Å². The van der Waals surface area contributed by atoms with Gasteiger partial charge in [-0.2, -0.15) is 27.1 Å². The highest BCUT2D eigenvalue weighted by Gasteiger charge is 2.33. The Morgan fingerprint density at radius 2 is 2.00 bits per heavy atom. The first-order valence-electron chi connectivity index (χ1n) is 12.4. The maximum absolute atomic E-state index is 13.2. The van der Waals surface area contributed by atoms with Gasteiger partial charge in [-0.15, -0.1) is 0 Å². The average molecular weight is 533 g/mol. The number of aryl methyl sites for hydroxylation is 2. The highest BCUT2D eigenvalue weighted by Crippen LogP contribution is 2.36. The summed E-state index contributed by atoms with van der Waals surface area (Å²) < 4.78 is 70.0. The van der Waals surface area contributed by atoms with Crippen LogP contribution >= 0.6 is 0 Å². The standard InChI is InChI=1S/C25H33F5N4O3/c1-4-34-21(16(3)20(33-34)22(35)32-14-24(36)10-7-15(2)8-11-24)18-13-31-17(6-5-9-25(28,29)30)12-19(18)37-23(26)27/h12-13,15,23,36H,4-11,14H2,1-3H3,(H,32,35). The molecule has 1 aliphatic carbocycles. The first-order valence-corrected chi connectivity index (χ1v) is 12.4. The third-order valence-corrected chi connectivity index (χ3v) is 6.77. The van der Waals surface area contributed by atoms with Crippen LogP contribution in [-0.4, -0.2) is 50.7 Å². The van der Waals surface area contributed by atoms with Crippen molar-refractivity contribution in [3.63, 3.8) is 0 Å². The Balaban J connectivity index is 1.86. The summed E-state index contributed by atoms with van der Waals surface area (Å²) >= 11 is 0. The first kappa shape index (κ1) is 28.8. The highest BCUT2D eigenvalue weighted by molar-refractivity contribution is 5.95. The molecule has 2 aromatic heterocycles. The van der Waals surface area contributed by atoms with E-state index in [1.54, 1.807) is 13.8 Å². The molecule has 1 fully saturated rings. The number of nitrogens with zero attached hydrogens (tertiary/aromatic N) is 3. The smallest absolute Gasteiger partial charge is 0.389 e. The molecule has 2 heterocycles. The summed E-state index contributed by atoms with van der Waals surface area (Å²) in [5, 5.41) is 17.9. The number of pyridine rings is 1. The zero-order valence-electron chi connectivity index (χ0n) is 21.2. The molecule has 3 rings (SSSR count). The molecule has 0 aliphatic heterocycles. The van der Waals surface area contributed by atoms with E-state index in [2.05, 4.69) is 22.3 Å². The normalized spacial score (nSPS) is 20.3. The SMILES string of the molecule is CCn1nc(C(=O)NCC2(O)CCC(C)CC2)c(C)c1-c1cnc(CCCC(F)(F)F)cc1OC(F)F. The number of rotatable bonds is 10. The highest BCUT2D eigenvalue weighted by atomic mass is 19.4. The monoisotopic (exact) mass is 532 g/mol. The van der Waals surface area contributed by atoms with E-state index < -0.39 is 30.7 Å². The van der Waals surface area contributed by atoms with Crippen LogP contribution in [-0.2, 0) is 13.0 Å². The molecule has 2 aromatic rings. The summed E-state index contributed by atoms with van der Waals surface area (Å²) in [6.45, 7) is 2.69. The lowest BCUT2D eigenvalue weighted by Crippen LogP contribution is -2.45. The molecular weight excluding hydrogens is 499 g/mol. The second-order valence-electron chi connectivity index (χ2n) is 9.75. The van der Waals surface area contributed by atoms with E-state index in [1.165, 1.54) is 16.9 Å². The third-order valence-electron chi connectivity index (χ3n) is 6.77. The molecule has 0 saturated heterocycles. The van der Waals surface area contributed by atoms with Gasteiger partial charge in [-0.05, 0) is 58.3 Å². The molecule has 0 spiro atoms. The Hall–Kier alpha value is -2.76. The van der Waals surface area contributed by atoms with Gasteiger partial charge in [0.25, 0.3) is 5.91 Å². The lowest BCUT2D eigenvalue weighted by Gasteiger charge is -2.34. The quantitative estimate of drug-likeness (QED) is 0.399. The first-order chi connectivity index (χ1) is 17.3. The van der Waals surface area contributed by atoms with Crippen LogP contribution < -0.4 is 10.1 Å². The molecule has 0 bridgehead atoms. The van der Waals surface area contributed by atoms with Crippen LogP contribution in [0.15, 0.2) is 12.3 Å². The number of ether oxygens (including phenoxy) is 1. The zero-order valence-corrected chi connectivity index (χ0v) is 21.2.